The third-order valence-corrected chi connectivity index (χ3v) is 3.78. The Morgan fingerprint density at radius 3 is 2.75 bits per heavy atom. The maximum absolute atomic E-state index is 4.98. The molecule has 0 spiro atoms. The summed E-state index contributed by atoms with van der Waals surface area (Å²) in [6.45, 7) is 3.13. The van der Waals surface area contributed by atoms with Gasteiger partial charge in [-0.1, -0.05) is 29.3 Å². The standard InChI is InChI=1S/C9H19BrOS/c1-3-4-9(7-10)8-12-6-5-11-2/h9H,3-8H2,1-2H3. The van der Waals surface area contributed by atoms with E-state index in [-0.39, 0.29) is 0 Å². The quantitative estimate of drug-likeness (QED) is 0.486. The number of rotatable bonds is 8. The fourth-order valence-electron chi connectivity index (χ4n) is 1.01. The van der Waals surface area contributed by atoms with Crippen molar-refractivity contribution in [2.45, 2.75) is 19.8 Å². The van der Waals surface area contributed by atoms with Crippen LogP contribution in [0, 0.1) is 5.92 Å². The topological polar surface area (TPSA) is 9.23 Å². The van der Waals surface area contributed by atoms with Crippen LogP contribution in [-0.2, 0) is 4.74 Å². The summed E-state index contributed by atoms with van der Waals surface area (Å²) in [5, 5.41) is 1.14. The lowest BCUT2D eigenvalue weighted by Gasteiger charge is -2.11. The summed E-state index contributed by atoms with van der Waals surface area (Å²) in [5.74, 6) is 3.24. The first-order valence-electron chi connectivity index (χ1n) is 4.47. The van der Waals surface area contributed by atoms with Crippen molar-refractivity contribution in [3.63, 3.8) is 0 Å². The minimum absolute atomic E-state index is 0.844. The molecule has 0 aliphatic carbocycles. The van der Waals surface area contributed by atoms with Crippen LogP contribution in [0.5, 0.6) is 0 Å². The number of alkyl halides is 1. The highest BCUT2D eigenvalue weighted by atomic mass is 79.9. The Bertz CT molecular complexity index is 90.6. The second-order valence-electron chi connectivity index (χ2n) is 2.88. The van der Waals surface area contributed by atoms with Crippen LogP contribution < -0.4 is 0 Å². The second-order valence-corrected chi connectivity index (χ2v) is 4.67. The third kappa shape index (κ3) is 7.44. The monoisotopic (exact) mass is 254 g/mol. The highest BCUT2D eigenvalue weighted by Gasteiger charge is 2.04. The molecule has 1 atom stereocenters. The van der Waals surface area contributed by atoms with Gasteiger partial charge in [-0.25, -0.2) is 0 Å². The maximum atomic E-state index is 4.98. The molecule has 0 bridgehead atoms. The maximum Gasteiger partial charge on any atom is 0.0552 e. The zero-order valence-corrected chi connectivity index (χ0v) is 10.4. The van der Waals surface area contributed by atoms with Crippen molar-refractivity contribution in [3.05, 3.63) is 0 Å². The van der Waals surface area contributed by atoms with Gasteiger partial charge in [-0.15, -0.1) is 0 Å². The zero-order valence-electron chi connectivity index (χ0n) is 8.01. The van der Waals surface area contributed by atoms with E-state index in [1.54, 1.807) is 7.11 Å². The van der Waals surface area contributed by atoms with Crippen LogP contribution in [0.1, 0.15) is 19.8 Å². The van der Waals surface area contributed by atoms with Crippen LogP contribution in [0.2, 0.25) is 0 Å². The number of methoxy groups -OCH3 is 1. The van der Waals surface area contributed by atoms with E-state index in [1.807, 2.05) is 11.8 Å². The average molecular weight is 255 g/mol. The molecule has 0 aliphatic rings. The summed E-state index contributed by atoms with van der Waals surface area (Å²) < 4.78 is 4.98. The van der Waals surface area contributed by atoms with E-state index in [0.29, 0.717) is 0 Å². The Kier molecular flexibility index (Phi) is 10.5. The largest absolute Gasteiger partial charge is 0.384 e. The van der Waals surface area contributed by atoms with Crippen LogP contribution >= 0.6 is 27.7 Å². The van der Waals surface area contributed by atoms with Gasteiger partial charge in [0, 0.05) is 18.2 Å². The molecule has 0 aromatic rings. The van der Waals surface area contributed by atoms with Gasteiger partial charge in [0.05, 0.1) is 6.61 Å². The molecule has 74 valence electrons. The molecule has 0 saturated carbocycles. The molecule has 0 aromatic heterocycles. The van der Waals surface area contributed by atoms with E-state index in [1.165, 1.54) is 18.6 Å². The van der Waals surface area contributed by atoms with Crippen LogP contribution in [0.25, 0.3) is 0 Å². The minimum Gasteiger partial charge on any atom is -0.384 e. The lowest BCUT2D eigenvalue weighted by atomic mass is 10.1. The summed E-state index contributed by atoms with van der Waals surface area (Å²) in [4.78, 5) is 0. The first-order chi connectivity index (χ1) is 5.85. The summed E-state index contributed by atoms with van der Waals surface area (Å²) >= 11 is 5.54. The summed E-state index contributed by atoms with van der Waals surface area (Å²) in [6.07, 6.45) is 2.63. The summed E-state index contributed by atoms with van der Waals surface area (Å²) in [6, 6.07) is 0. The number of hydrogen-bond donors (Lipinski definition) is 0. The SMILES string of the molecule is CCCC(CBr)CSCCOC. The predicted octanol–water partition coefficient (Wildman–Crippen LogP) is 3.18. The predicted molar refractivity (Wildman–Crippen MR) is 61.4 cm³/mol. The molecule has 0 amide bonds. The minimum atomic E-state index is 0.844. The summed E-state index contributed by atoms with van der Waals surface area (Å²) in [7, 11) is 1.76. The molecular weight excluding hydrogens is 236 g/mol. The molecule has 0 heterocycles. The Labute approximate surface area is 88.8 Å². The van der Waals surface area contributed by atoms with Crippen LogP contribution in [0.15, 0.2) is 0 Å². The molecule has 0 aliphatic heterocycles. The molecule has 12 heavy (non-hydrogen) atoms. The fraction of sp³-hybridized carbons (Fsp3) is 1.00. The number of halogens is 1. The normalized spacial score (nSPS) is 13.2. The molecule has 3 heteroatoms. The molecule has 0 rings (SSSR count). The Balaban J connectivity index is 3.19. The lowest BCUT2D eigenvalue weighted by molar-refractivity contribution is 0.218. The number of thioether (sulfide) groups is 1. The van der Waals surface area contributed by atoms with Gasteiger partial charge >= 0.3 is 0 Å². The van der Waals surface area contributed by atoms with E-state index in [0.717, 1.165) is 23.6 Å². The Hall–Kier alpha value is 0.790. The van der Waals surface area contributed by atoms with E-state index in [2.05, 4.69) is 22.9 Å². The van der Waals surface area contributed by atoms with Gasteiger partial charge in [0.25, 0.3) is 0 Å². The van der Waals surface area contributed by atoms with Crippen molar-refractivity contribution in [3.8, 4) is 0 Å². The van der Waals surface area contributed by atoms with Crippen molar-refractivity contribution in [2.24, 2.45) is 5.92 Å². The average Bonchev–Trinajstić information content (AvgIpc) is 2.10. The number of hydrogen-bond acceptors (Lipinski definition) is 2. The van der Waals surface area contributed by atoms with Gasteiger partial charge in [0.15, 0.2) is 0 Å². The molecule has 0 aromatic carbocycles. The van der Waals surface area contributed by atoms with E-state index < -0.39 is 0 Å². The molecular formula is C9H19BrOS. The van der Waals surface area contributed by atoms with Gasteiger partial charge in [0.2, 0.25) is 0 Å². The molecule has 0 fully saturated rings. The second kappa shape index (κ2) is 9.87. The van der Waals surface area contributed by atoms with Gasteiger partial charge in [-0.05, 0) is 18.1 Å². The lowest BCUT2D eigenvalue weighted by Crippen LogP contribution is -2.06. The Morgan fingerprint density at radius 1 is 1.50 bits per heavy atom. The number of ether oxygens (including phenoxy) is 1. The third-order valence-electron chi connectivity index (χ3n) is 1.70. The molecule has 0 N–H and O–H groups in total. The van der Waals surface area contributed by atoms with E-state index in [4.69, 9.17) is 4.74 Å². The van der Waals surface area contributed by atoms with Gasteiger partial charge in [-0.2, -0.15) is 11.8 Å². The van der Waals surface area contributed by atoms with Crippen molar-refractivity contribution < 1.29 is 4.74 Å². The van der Waals surface area contributed by atoms with Crippen LogP contribution in [0.4, 0.5) is 0 Å². The van der Waals surface area contributed by atoms with Crippen molar-refractivity contribution >= 4 is 27.7 Å². The van der Waals surface area contributed by atoms with Gasteiger partial charge < -0.3 is 4.74 Å². The van der Waals surface area contributed by atoms with Crippen LogP contribution in [0.3, 0.4) is 0 Å². The fourth-order valence-corrected chi connectivity index (χ4v) is 2.93. The first kappa shape index (κ1) is 12.8. The molecule has 0 saturated heterocycles. The first-order valence-corrected chi connectivity index (χ1v) is 6.75. The zero-order chi connectivity index (χ0) is 9.23. The summed E-state index contributed by atoms with van der Waals surface area (Å²) in [5.41, 5.74) is 0. The van der Waals surface area contributed by atoms with Gasteiger partial charge in [-0.3, -0.25) is 0 Å². The van der Waals surface area contributed by atoms with Crippen molar-refractivity contribution in [2.75, 3.05) is 30.6 Å². The van der Waals surface area contributed by atoms with Gasteiger partial charge in [0.1, 0.15) is 0 Å². The highest BCUT2D eigenvalue weighted by molar-refractivity contribution is 9.09. The van der Waals surface area contributed by atoms with Crippen molar-refractivity contribution in [1.82, 2.24) is 0 Å². The highest BCUT2D eigenvalue weighted by Crippen LogP contribution is 2.16. The molecule has 1 nitrogen and oxygen atoms in total. The van der Waals surface area contributed by atoms with Crippen molar-refractivity contribution in [1.29, 1.82) is 0 Å². The van der Waals surface area contributed by atoms with E-state index >= 15 is 0 Å². The van der Waals surface area contributed by atoms with E-state index in [9.17, 15) is 0 Å². The molecule has 0 radical (unpaired) electrons. The Morgan fingerprint density at radius 2 is 2.25 bits per heavy atom. The smallest absolute Gasteiger partial charge is 0.0552 e. The molecule has 1 unspecified atom stereocenters. The van der Waals surface area contributed by atoms with Crippen LogP contribution in [-0.4, -0.2) is 30.6 Å².